The van der Waals surface area contributed by atoms with Crippen LogP contribution in [-0.2, 0) is 9.84 Å². The van der Waals surface area contributed by atoms with Gasteiger partial charge in [0.05, 0.1) is 18.2 Å². The van der Waals surface area contributed by atoms with Crippen LogP contribution >= 0.6 is 11.6 Å². The predicted molar refractivity (Wildman–Crippen MR) is 78.5 cm³/mol. The molecule has 0 saturated carbocycles. The minimum Gasteiger partial charge on any atom is -0.494 e. The first kappa shape index (κ1) is 15.9. The zero-order valence-electron chi connectivity index (χ0n) is 10.9. The van der Waals surface area contributed by atoms with Crippen LogP contribution in [0.25, 0.3) is 0 Å². The van der Waals surface area contributed by atoms with Gasteiger partial charge in [0.2, 0.25) is 0 Å². The fourth-order valence-electron chi connectivity index (χ4n) is 1.41. The summed E-state index contributed by atoms with van der Waals surface area (Å²) in [7, 11) is -2.91. The van der Waals surface area contributed by atoms with Crippen molar-refractivity contribution in [1.82, 2.24) is 0 Å². The van der Waals surface area contributed by atoms with Crippen LogP contribution in [0.5, 0.6) is 5.75 Å². The van der Waals surface area contributed by atoms with Crippen LogP contribution in [0, 0.1) is 11.8 Å². The first-order valence-corrected chi connectivity index (χ1v) is 8.41. The molecule has 0 N–H and O–H groups in total. The third-order valence-electron chi connectivity index (χ3n) is 2.44. The summed E-state index contributed by atoms with van der Waals surface area (Å²) in [6, 6.07) is 7.35. The normalized spacial score (nSPS) is 10.6. The molecule has 0 bridgehead atoms. The van der Waals surface area contributed by atoms with Gasteiger partial charge < -0.3 is 4.74 Å². The van der Waals surface area contributed by atoms with Crippen LogP contribution in [0.2, 0.25) is 0 Å². The van der Waals surface area contributed by atoms with Crippen molar-refractivity contribution in [1.29, 1.82) is 0 Å². The van der Waals surface area contributed by atoms with E-state index < -0.39 is 9.84 Å². The van der Waals surface area contributed by atoms with Crippen molar-refractivity contribution in [2.75, 3.05) is 24.0 Å². The van der Waals surface area contributed by atoms with E-state index in [1.54, 1.807) is 6.92 Å². The van der Waals surface area contributed by atoms with E-state index in [0.717, 1.165) is 5.56 Å². The highest BCUT2D eigenvalue weighted by molar-refractivity contribution is 7.91. The van der Waals surface area contributed by atoms with Gasteiger partial charge in [-0.3, -0.25) is 0 Å². The minimum absolute atomic E-state index is 0.162. The highest BCUT2D eigenvalue weighted by Crippen LogP contribution is 2.13. The van der Waals surface area contributed by atoms with Gasteiger partial charge in [0.1, 0.15) is 15.6 Å². The number of ether oxygens (including phenoxy) is 1. The summed E-state index contributed by atoms with van der Waals surface area (Å²) in [5.74, 6) is 6.99. The van der Waals surface area contributed by atoms with E-state index in [1.807, 2.05) is 24.3 Å². The third-order valence-corrected chi connectivity index (χ3v) is 4.37. The van der Waals surface area contributed by atoms with Gasteiger partial charge in [0, 0.05) is 11.3 Å². The second-order valence-corrected chi connectivity index (χ2v) is 6.64. The molecule has 0 atom stereocenters. The topological polar surface area (TPSA) is 43.4 Å². The van der Waals surface area contributed by atoms with E-state index in [0.29, 0.717) is 24.7 Å². The second-order valence-electron chi connectivity index (χ2n) is 3.90. The van der Waals surface area contributed by atoms with Crippen LogP contribution in [0.4, 0.5) is 0 Å². The maximum atomic E-state index is 11.3. The fraction of sp³-hybridized carbons (Fsp3) is 0.429. The highest BCUT2D eigenvalue weighted by atomic mass is 35.5. The molecule has 1 aromatic rings. The van der Waals surface area contributed by atoms with Gasteiger partial charge in [-0.1, -0.05) is 24.8 Å². The molecule has 19 heavy (non-hydrogen) atoms. The van der Waals surface area contributed by atoms with Gasteiger partial charge in [-0.2, -0.15) is 0 Å². The summed E-state index contributed by atoms with van der Waals surface area (Å²) < 4.78 is 28.1. The molecule has 0 heterocycles. The second kappa shape index (κ2) is 8.08. The van der Waals surface area contributed by atoms with Crippen molar-refractivity contribution in [2.45, 2.75) is 13.3 Å². The molecule has 1 rings (SSSR count). The molecule has 0 spiro atoms. The van der Waals surface area contributed by atoms with E-state index in [1.165, 1.54) is 0 Å². The van der Waals surface area contributed by atoms with Crippen molar-refractivity contribution in [3.8, 4) is 17.6 Å². The van der Waals surface area contributed by atoms with Crippen molar-refractivity contribution in [3.05, 3.63) is 29.8 Å². The number of hydrogen-bond acceptors (Lipinski definition) is 3. The molecular weight excluding hydrogens is 284 g/mol. The van der Waals surface area contributed by atoms with Gasteiger partial charge in [-0.25, -0.2) is 8.42 Å². The molecular formula is C14H17ClO3S. The molecule has 1 aromatic carbocycles. The molecule has 0 aromatic heterocycles. The van der Waals surface area contributed by atoms with Gasteiger partial charge in [-0.15, -0.1) is 11.6 Å². The Morgan fingerprint density at radius 2 is 2.16 bits per heavy atom. The van der Waals surface area contributed by atoms with Crippen LogP contribution in [0.15, 0.2) is 24.3 Å². The predicted octanol–water partition coefficient (Wildman–Crippen LogP) is 2.48. The summed E-state index contributed by atoms with van der Waals surface area (Å²) in [6.07, 6.45) is 0.494. The molecule has 0 saturated heterocycles. The van der Waals surface area contributed by atoms with Gasteiger partial charge in [0.15, 0.2) is 0 Å². The zero-order chi connectivity index (χ0) is 14.1. The Morgan fingerprint density at radius 1 is 1.37 bits per heavy atom. The lowest BCUT2D eigenvalue weighted by molar-refractivity contribution is 0.317. The molecule has 0 aliphatic carbocycles. The third kappa shape index (κ3) is 6.51. The van der Waals surface area contributed by atoms with Gasteiger partial charge >= 0.3 is 0 Å². The summed E-state index contributed by atoms with van der Waals surface area (Å²) >= 11 is 5.49. The number of hydrogen-bond donors (Lipinski definition) is 0. The Bertz CT molecular complexity index is 556. The van der Waals surface area contributed by atoms with Crippen LogP contribution in [-0.4, -0.2) is 32.4 Å². The molecule has 104 valence electrons. The molecule has 5 heteroatoms. The summed E-state index contributed by atoms with van der Waals surface area (Å²) in [6.45, 7) is 2.03. The molecule has 3 nitrogen and oxygen atoms in total. The average Bonchev–Trinajstić information content (AvgIpc) is 2.42. The van der Waals surface area contributed by atoms with Crippen LogP contribution < -0.4 is 4.74 Å². The lowest BCUT2D eigenvalue weighted by atomic mass is 10.2. The maximum absolute atomic E-state index is 11.3. The van der Waals surface area contributed by atoms with E-state index in [4.69, 9.17) is 16.3 Å². The lowest BCUT2D eigenvalue weighted by Gasteiger charge is -2.06. The van der Waals surface area contributed by atoms with E-state index >= 15 is 0 Å². The first-order chi connectivity index (χ1) is 9.07. The Kier molecular flexibility index (Phi) is 6.75. The molecule has 0 amide bonds. The molecule has 0 radical (unpaired) electrons. The smallest absolute Gasteiger partial charge is 0.150 e. The van der Waals surface area contributed by atoms with Crippen LogP contribution in [0.1, 0.15) is 18.9 Å². The average molecular weight is 301 g/mol. The van der Waals surface area contributed by atoms with Crippen molar-refractivity contribution in [2.24, 2.45) is 0 Å². The summed E-state index contributed by atoms with van der Waals surface area (Å²) in [4.78, 5) is 0. The molecule has 0 aliphatic heterocycles. The minimum atomic E-state index is -2.91. The first-order valence-electron chi connectivity index (χ1n) is 6.05. The Hall–Kier alpha value is -1.18. The maximum Gasteiger partial charge on any atom is 0.150 e. The zero-order valence-corrected chi connectivity index (χ0v) is 12.4. The quantitative estimate of drug-likeness (QED) is 0.460. The van der Waals surface area contributed by atoms with Crippen molar-refractivity contribution >= 4 is 21.4 Å². The number of rotatable bonds is 6. The molecule has 0 aliphatic rings. The number of alkyl halides is 1. The Morgan fingerprint density at radius 3 is 2.84 bits per heavy atom. The summed E-state index contributed by atoms with van der Waals surface area (Å²) in [5, 5.41) is 0. The standard InChI is InChI=1S/C14H17ClO3S/c1-2-19(16,17)11-5-10-18-14-8-3-6-13(12-14)7-4-9-15/h3,6,8,12H,2,5,9-11H2,1H3. The molecule has 0 fully saturated rings. The highest BCUT2D eigenvalue weighted by Gasteiger charge is 2.06. The SMILES string of the molecule is CCS(=O)(=O)CCCOc1cccc(C#CCCl)c1. The Balaban J connectivity index is 2.46. The molecule has 0 unspecified atom stereocenters. The van der Waals surface area contributed by atoms with Gasteiger partial charge in [-0.05, 0) is 24.6 Å². The number of benzene rings is 1. The Labute approximate surface area is 119 Å². The van der Waals surface area contributed by atoms with E-state index in [-0.39, 0.29) is 11.5 Å². The number of halogens is 1. The van der Waals surface area contributed by atoms with Crippen LogP contribution in [0.3, 0.4) is 0 Å². The number of sulfone groups is 1. The fourth-order valence-corrected chi connectivity index (χ4v) is 2.33. The van der Waals surface area contributed by atoms with Crippen molar-refractivity contribution < 1.29 is 13.2 Å². The van der Waals surface area contributed by atoms with Gasteiger partial charge in [0.25, 0.3) is 0 Å². The van der Waals surface area contributed by atoms with Crippen molar-refractivity contribution in [3.63, 3.8) is 0 Å². The summed E-state index contributed by atoms with van der Waals surface area (Å²) in [5.41, 5.74) is 0.833. The van der Waals surface area contributed by atoms with E-state index in [2.05, 4.69) is 11.8 Å². The van der Waals surface area contributed by atoms with E-state index in [9.17, 15) is 8.42 Å². The lowest BCUT2D eigenvalue weighted by Crippen LogP contribution is -2.11. The largest absolute Gasteiger partial charge is 0.494 e. The monoisotopic (exact) mass is 300 g/mol.